The van der Waals surface area contributed by atoms with Crippen LogP contribution < -0.4 is 28.4 Å². The lowest BCUT2D eigenvalue weighted by atomic mass is 9.45. The molecular formula is C116H160O12. The summed E-state index contributed by atoms with van der Waals surface area (Å²) in [5.74, 6) is 14.9. The van der Waals surface area contributed by atoms with E-state index in [9.17, 15) is 30.6 Å². The van der Waals surface area contributed by atoms with Gasteiger partial charge in [0.05, 0.1) is 0 Å². The summed E-state index contributed by atoms with van der Waals surface area (Å²) in [6.45, 7) is 61.1. The van der Waals surface area contributed by atoms with Crippen molar-refractivity contribution in [2.45, 2.75) is 400 Å². The highest BCUT2D eigenvalue weighted by molar-refractivity contribution is 5.60. The first-order chi connectivity index (χ1) is 60.5. The maximum absolute atomic E-state index is 10.7. The molecule has 128 heavy (non-hydrogen) atoms. The molecular weight excluding hydrogens is 1590 g/mol. The monoisotopic (exact) mass is 1750 g/mol. The Labute approximate surface area is 770 Å². The number of rotatable bonds is 18. The summed E-state index contributed by atoms with van der Waals surface area (Å²) in [7, 11) is 0. The largest absolute Gasteiger partial charge is 0.508 e. The molecule has 0 saturated heterocycles. The van der Waals surface area contributed by atoms with Crippen molar-refractivity contribution in [3.8, 4) is 69.0 Å². The fourth-order valence-corrected chi connectivity index (χ4v) is 28.3. The third-order valence-corrected chi connectivity index (χ3v) is 34.5. The van der Waals surface area contributed by atoms with Gasteiger partial charge in [-0.15, -0.1) is 0 Å². The van der Waals surface area contributed by atoms with E-state index in [1.165, 1.54) is 87.8 Å². The Balaban J connectivity index is 0.000000118. The third kappa shape index (κ3) is 17.7. The number of phenolic OH excluding ortho intramolecular Hbond substituents is 6. The van der Waals surface area contributed by atoms with Gasteiger partial charge in [-0.2, -0.15) is 0 Å². The Hall–Kier alpha value is -8.12. The number of phenols is 6. The highest BCUT2D eigenvalue weighted by Crippen LogP contribution is 2.76. The van der Waals surface area contributed by atoms with Crippen molar-refractivity contribution in [3.63, 3.8) is 0 Å². The molecule has 6 heterocycles. The van der Waals surface area contributed by atoms with Crippen LogP contribution >= 0.6 is 0 Å². The molecule has 0 spiro atoms. The number of benzene rings is 6. The van der Waals surface area contributed by atoms with E-state index >= 15 is 0 Å². The minimum absolute atomic E-state index is 0.0187. The fourth-order valence-electron chi connectivity index (χ4n) is 28.3. The predicted molar refractivity (Wildman–Crippen MR) is 521 cm³/mol. The summed E-state index contributed by atoms with van der Waals surface area (Å²) in [6, 6.07) is 24.6. The van der Waals surface area contributed by atoms with Crippen LogP contribution in [-0.4, -0.2) is 64.2 Å². The normalized spacial score (nSPS) is 32.7. The van der Waals surface area contributed by atoms with E-state index in [1.807, 2.05) is 36.4 Å². The van der Waals surface area contributed by atoms with Crippen molar-refractivity contribution in [3.05, 3.63) is 188 Å². The van der Waals surface area contributed by atoms with Crippen LogP contribution in [0.3, 0.4) is 0 Å². The van der Waals surface area contributed by atoms with Gasteiger partial charge in [0, 0.05) is 80.7 Å². The van der Waals surface area contributed by atoms with E-state index < -0.39 is 0 Å². The molecule has 0 radical (unpaired) electrons. The van der Waals surface area contributed by atoms with E-state index in [0.717, 1.165) is 240 Å². The summed E-state index contributed by atoms with van der Waals surface area (Å²) in [5, 5.41) is 63.6. The van der Waals surface area contributed by atoms with Gasteiger partial charge in [0.15, 0.2) is 0 Å². The maximum Gasteiger partial charge on any atom is 0.127 e. The molecule has 8 bridgehead atoms. The van der Waals surface area contributed by atoms with Crippen LogP contribution in [0.2, 0.25) is 0 Å². The number of aromatic hydroxyl groups is 6. The van der Waals surface area contributed by atoms with E-state index in [4.69, 9.17) is 28.4 Å². The molecule has 20 atom stereocenters. The van der Waals surface area contributed by atoms with Crippen LogP contribution in [-0.2, 0) is 38.5 Å². The summed E-state index contributed by atoms with van der Waals surface area (Å²) in [5.41, 5.74) is 18.4. The zero-order chi connectivity index (χ0) is 92.2. The van der Waals surface area contributed by atoms with Crippen molar-refractivity contribution in [1.29, 1.82) is 0 Å². The number of unbranched alkanes of at least 4 members (excludes halogenated alkanes) is 2. The lowest BCUT2D eigenvalue weighted by Gasteiger charge is -2.62. The average Bonchev–Trinajstić information content (AvgIpc) is 1.48. The Morgan fingerprint density at radius 2 is 0.516 bits per heavy atom. The molecule has 6 aromatic carbocycles. The van der Waals surface area contributed by atoms with Gasteiger partial charge in [0.2, 0.25) is 0 Å². The average molecular weight is 1750 g/mol. The van der Waals surface area contributed by atoms with Crippen LogP contribution in [0.4, 0.5) is 0 Å². The van der Waals surface area contributed by atoms with E-state index in [0.29, 0.717) is 106 Å². The second kappa shape index (κ2) is 36.1. The first-order valence-electron chi connectivity index (χ1n) is 50.4. The van der Waals surface area contributed by atoms with Gasteiger partial charge in [-0.05, 0) is 369 Å². The van der Waals surface area contributed by atoms with Gasteiger partial charge in [-0.25, -0.2) is 0 Å². The molecule has 12 nitrogen and oxygen atoms in total. The van der Waals surface area contributed by atoms with Gasteiger partial charge >= 0.3 is 0 Å². The van der Waals surface area contributed by atoms with Crippen molar-refractivity contribution in [2.75, 3.05) is 0 Å². The topological polar surface area (TPSA) is 177 Å². The number of ether oxygens (including phenoxy) is 6. The quantitative estimate of drug-likeness (QED) is 0.0355. The van der Waals surface area contributed by atoms with Crippen LogP contribution in [0.1, 0.15) is 395 Å². The summed E-state index contributed by atoms with van der Waals surface area (Å²) in [6.07, 6.45) is 32.5. The van der Waals surface area contributed by atoms with Gasteiger partial charge in [-0.3, -0.25) is 0 Å². The SMILES string of the molecule is C=C(C)[C@@H]1CC[C@@]2(C)C[C@@H]1c1c(O)cc(CCC)cc1O2.C=C(C)[C@@H]1CC[C@]2(C)C[C@H]1c1c(O)cc(CCC)cc1O2.C=C(C)[C@@H]1CC[C@]2(C)C[C@H]1c1c(O)cc(CCCCC)cc1O2.C=C(C)[C@H]1CC[C@]2(C)C[C@H]1c1c(O)cc(CCC)cc1O2.CCCc1cc(O)c2c(c1)O[C@]1(C)CC[C@H]3[C@@H]1[C@@H]2C3(C)C.CCCc1cc(O)c2c(c1)O[C@]1(C)CC[C@H]3[C@@H]1[C@@H]2C3(C)C. The molecule has 8 aliphatic carbocycles. The fraction of sp³-hybridized carbons (Fsp3) is 0.621. The molecule has 8 saturated carbocycles. The smallest absolute Gasteiger partial charge is 0.127 e. The molecule has 0 amide bonds. The molecule has 0 unspecified atom stereocenters. The Morgan fingerprint density at radius 3 is 0.742 bits per heavy atom. The molecule has 696 valence electrons. The highest BCUT2D eigenvalue weighted by atomic mass is 16.5. The van der Waals surface area contributed by atoms with Crippen LogP contribution in [0, 0.1) is 58.2 Å². The summed E-state index contributed by atoms with van der Waals surface area (Å²) < 4.78 is 38.1. The van der Waals surface area contributed by atoms with Crippen LogP contribution in [0.15, 0.2) is 121 Å². The van der Waals surface area contributed by atoms with E-state index in [1.54, 1.807) is 0 Å². The Morgan fingerprint density at radius 1 is 0.289 bits per heavy atom. The van der Waals surface area contributed by atoms with Gasteiger partial charge < -0.3 is 59.1 Å². The molecule has 0 aromatic heterocycles. The van der Waals surface area contributed by atoms with Gasteiger partial charge in [0.25, 0.3) is 0 Å². The van der Waals surface area contributed by atoms with Crippen molar-refractivity contribution >= 4 is 0 Å². The molecule has 12 heteroatoms. The van der Waals surface area contributed by atoms with Crippen molar-refractivity contribution in [1.82, 2.24) is 0 Å². The number of aryl methyl sites for hydroxylation is 6. The molecule has 20 rings (SSSR count). The highest BCUT2D eigenvalue weighted by Gasteiger charge is 2.71. The minimum Gasteiger partial charge on any atom is -0.508 e. The molecule has 14 aliphatic rings. The van der Waals surface area contributed by atoms with Gasteiger partial charge in [-0.1, -0.05) is 163 Å². The summed E-state index contributed by atoms with van der Waals surface area (Å²) in [4.78, 5) is 0. The maximum atomic E-state index is 10.7. The zero-order valence-corrected chi connectivity index (χ0v) is 82.2. The van der Waals surface area contributed by atoms with E-state index in [2.05, 4.69) is 201 Å². The standard InChI is InChI=1S/C21H30O2.5C19H26O2/c1-5-6-7-8-15-11-18(22)20-17-13-21(4,23-19(20)12-15)10-9-16(17)14(2)3;2*1-5-6-11-9-13(20)15-14(10-11)21-19(4)8-7-12-16(19)17(15)18(12,2)3;3*1-5-6-13-9-16(20)18-15-11-19(4,21-17(18)10-13)8-7-14(15)12(2)3/h11-12,16-17,22H,2,5-10,13H2,1,3-4H3;2*9-10,12,16-17,20H,5-8H2,1-4H3;3*9-10,14-15,20H,2,5-8,11H2,1,3-4H3/t16-,17+,21+;2*12-,16+,17+,19+;14-,15+,19+;2*14-,15-,19-/m000010/s1. The number of fused-ring (bicyclic) bond motifs is 20. The molecule has 6 aromatic rings. The first kappa shape index (κ1) is 94.5. The summed E-state index contributed by atoms with van der Waals surface area (Å²) >= 11 is 0. The Bertz CT molecular complexity index is 4820. The van der Waals surface area contributed by atoms with Crippen molar-refractivity contribution in [2.24, 2.45) is 58.2 Å². The lowest BCUT2D eigenvalue weighted by Crippen LogP contribution is -2.59. The number of hydrogen-bond acceptors (Lipinski definition) is 12. The molecule has 6 aliphatic heterocycles. The third-order valence-electron chi connectivity index (χ3n) is 34.5. The lowest BCUT2D eigenvalue weighted by molar-refractivity contribution is -0.121. The second-order valence-corrected chi connectivity index (χ2v) is 45.6. The number of hydrogen-bond donors (Lipinski definition) is 6. The van der Waals surface area contributed by atoms with E-state index in [-0.39, 0.29) is 44.4 Å². The Kier molecular flexibility index (Phi) is 26.7. The first-order valence-corrected chi connectivity index (χ1v) is 50.4. The molecule has 6 N–H and O–H groups in total. The van der Waals surface area contributed by atoms with Crippen LogP contribution in [0.25, 0.3) is 0 Å². The van der Waals surface area contributed by atoms with Crippen molar-refractivity contribution < 1.29 is 59.1 Å². The number of allylic oxidation sites excluding steroid dienone is 4. The molecule has 8 fully saturated rings. The minimum atomic E-state index is -0.0852. The van der Waals surface area contributed by atoms with Crippen LogP contribution in [0.5, 0.6) is 69.0 Å². The second-order valence-electron chi connectivity index (χ2n) is 45.6. The van der Waals surface area contributed by atoms with Gasteiger partial charge in [0.1, 0.15) is 103 Å². The zero-order valence-electron chi connectivity index (χ0n) is 82.2. The predicted octanol–water partition coefficient (Wildman–Crippen LogP) is 29.9.